The second-order valence-electron chi connectivity index (χ2n) is 4.09. The Bertz CT molecular complexity index is 435. The van der Waals surface area contributed by atoms with Gasteiger partial charge in [-0.1, -0.05) is 13.8 Å². The molecule has 2 amide bonds. The first-order chi connectivity index (χ1) is 8.50. The molecule has 1 rings (SSSR count). The Kier molecular flexibility index (Phi) is 5.77. The molecule has 0 aromatic carbocycles. The molecule has 18 heavy (non-hydrogen) atoms. The van der Waals surface area contributed by atoms with Crippen LogP contribution in [0.2, 0.25) is 0 Å². The lowest BCUT2D eigenvalue weighted by molar-refractivity contribution is -0.123. The number of hydrogen-bond acceptors (Lipinski definition) is 3. The second kappa shape index (κ2) is 7.10. The quantitative estimate of drug-likeness (QED) is 0.806. The predicted molar refractivity (Wildman–Crippen MR) is 72.1 cm³/mol. The summed E-state index contributed by atoms with van der Waals surface area (Å²) in [4.78, 5) is 26.9. The third-order valence-corrected chi connectivity index (χ3v) is 2.63. The van der Waals surface area contributed by atoms with Crippen LogP contribution in [0.5, 0.6) is 0 Å². The maximum absolute atomic E-state index is 11.7. The van der Waals surface area contributed by atoms with Crippen LogP contribution in [0.25, 0.3) is 0 Å². The fourth-order valence-corrected chi connectivity index (χ4v) is 1.57. The van der Waals surface area contributed by atoms with Gasteiger partial charge in [-0.2, -0.15) is 0 Å². The third kappa shape index (κ3) is 4.83. The Morgan fingerprint density at radius 2 is 1.94 bits per heavy atom. The smallest absolute Gasteiger partial charge is 0.252 e. The van der Waals surface area contributed by atoms with E-state index in [4.69, 9.17) is 0 Å². The lowest BCUT2D eigenvalue weighted by Crippen LogP contribution is -2.36. The monoisotopic (exact) mass is 313 g/mol. The number of amides is 2. The van der Waals surface area contributed by atoms with Gasteiger partial charge in [-0.25, -0.2) is 0 Å². The van der Waals surface area contributed by atoms with Crippen LogP contribution < -0.4 is 10.6 Å². The van der Waals surface area contributed by atoms with Crippen LogP contribution in [0.15, 0.2) is 22.9 Å². The van der Waals surface area contributed by atoms with Gasteiger partial charge in [0.15, 0.2) is 0 Å². The van der Waals surface area contributed by atoms with Crippen LogP contribution >= 0.6 is 15.9 Å². The zero-order valence-corrected chi connectivity index (χ0v) is 12.0. The molecular weight excluding hydrogens is 298 g/mol. The molecular formula is C12H16BrN3O2. The van der Waals surface area contributed by atoms with Crippen molar-refractivity contribution in [2.75, 3.05) is 13.1 Å². The van der Waals surface area contributed by atoms with Crippen LogP contribution in [0, 0.1) is 5.92 Å². The van der Waals surface area contributed by atoms with Crippen LogP contribution in [0.4, 0.5) is 0 Å². The standard InChI is InChI=1S/C12H16BrN3O2/c1-8(2)11(17)15-3-4-16-12(18)9-5-10(13)7-14-6-9/h5-8H,3-4H2,1-2H3,(H,15,17)(H,16,18). The van der Waals surface area contributed by atoms with E-state index in [1.807, 2.05) is 13.8 Å². The molecule has 98 valence electrons. The minimum Gasteiger partial charge on any atom is -0.354 e. The van der Waals surface area contributed by atoms with Crippen LogP contribution in [-0.4, -0.2) is 29.9 Å². The fourth-order valence-electron chi connectivity index (χ4n) is 1.20. The van der Waals surface area contributed by atoms with E-state index in [0.29, 0.717) is 18.7 Å². The Balaban J connectivity index is 2.32. The average Bonchev–Trinajstić information content (AvgIpc) is 2.33. The van der Waals surface area contributed by atoms with E-state index in [1.54, 1.807) is 12.3 Å². The van der Waals surface area contributed by atoms with Gasteiger partial charge in [0.25, 0.3) is 5.91 Å². The van der Waals surface area contributed by atoms with Crippen molar-refractivity contribution in [3.8, 4) is 0 Å². The van der Waals surface area contributed by atoms with Crippen molar-refractivity contribution < 1.29 is 9.59 Å². The van der Waals surface area contributed by atoms with Gasteiger partial charge < -0.3 is 10.6 Å². The highest BCUT2D eigenvalue weighted by Gasteiger charge is 2.07. The van der Waals surface area contributed by atoms with Gasteiger partial charge in [-0.05, 0) is 22.0 Å². The third-order valence-electron chi connectivity index (χ3n) is 2.20. The van der Waals surface area contributed by atoms with Gasteiger partial charge in [0.1, 0.15) is 0 Å². The number of nitrogens with zero attached hydrogens (tertiary/aromatic N) is 1. The summed E-state index contributed by atoms with van der Waals surface area (Å²) >= 11 is 3.25. The van der Waals surface area contributed by atoms with Gasteiger partial charge >= 0.3 is 0 Å². The molecule has 0 spiro atoms. The van der Waals surface area contributed by atoms with Crippen molar-refractivity contribution >= 4 is 27.7 Å². The van der Waals surface area contributed by atoms with E-state index < -0.39 is 0 Å². The summed E-state index contributed by atoms with van der Waals surface area (Å²) in [6.07, 6.45) is 3.10. The number of pyridine rings is 1. The van der Waals surface area contributed by atoms with Gasteiger partial charge in [-0.3, -0.25) is 14.6 Å². The number of carbonyl (C=O) groups is 2. The van der Waals surface area contributed by atoms with E-state index in [1.165, 1.54) is 6.20 Å². The zero-order chi connectivity index (χ0) is 13.5. The molecule has 0 aliphatic heterocycles. The van der Waals surface area contributed by atoms with Crippen molar-refractivity contribution in [1.29, 1.82) is 0 Å². The lowest BCUT2D eigenvalue weighted by Gasteiger charge is -2.08. The summed E-state index contributed by atoms with van der Waals surface area (Å²) in [5.41, 5.74) is 0.486. The topological polar surface area (TPSA) is 71.1 Å². The summed E-state index contributed by atoms with van der Waals surface area (Å²) < 4.78 is 0.753. The predicted octanol–water partition coefficient (Wildman–Crippen LogP) is 1.35. The van der Waals surface area contributed by atoms with Gasteiger partial charge in [-0.15, -0.1) is 0 Å². The number of nitrogens with one attached hydrogen (secondary N) is 2. The summed E-state index contributed by atoms with van der Waals surface area (Å²) in [5, 5.41) is 5.43. The van der Waals surface area contributed by atoms with Gasteiger partial charge in [0.05, 0.1) is 5.56 Å². The lowest BCUT2D eigenvalue weighted by atomic mass is 10.2. The molecule has 0 saturated heterocycles. The molecule has 1 aromatic heterocycles. The molecule has 0 radical (unpaired) electrons. The van der Waals surface area contributed by atoms with Crippen LogP contribution in [-0.2, 0) is 4.79 Å². The van der Waals surface area contributed by atoms with Crippen molar-refractivity contribution in [2.24, 2.45) is 5.92 Å². The molecule has 6 heteroatoms. The maximum Gasteiger partial charge on any atom is 0.252 e. The number of rotatable bonds is 5. The molecule has 0 atom stereocenters. The summed E-state index contributed by atoms with van der Waals surface area (Å²) in [5.74, 6) is -0.272. The molecule has 0 aliphatic carbocycles. The number of halogens is 1. The van der Waals surface area contributed by atoms with Crippen LogP contribution in [0.3, 0.4) is 0 Å². The van der Waals surface area contributed by atoms with E-state index in [0.717, 1.165) is 4.47 Å². The minimum absolute atomic E-state index is 0.0200. The molecule has 5 nitrogen and oxygen atoms in total. The molecule has 2 N–H and O–H groups in total. The Morgan fingerprint density at radius 3 is 2.56 bits per heavy atom. The highest BCUT2D eigenvalue weighted by atomic mass is 79.9. The molecule has 1 heterocycles. The van der Waals surface area contributed by atoms with Crippen molar-refractivity contribution in [3.63, 3.8) is 0 Å². The molecule has 1 aromatic rings. The summed E-state index contributed by atoms with van der Waals surface area (Å²) in [6, 6.07) is 1.69. The van der Waals surface area contributed by atoms with Crippen molar-refractivity contribution in [3.05, 3.63) is 28.5 Å². The van der Waals surface area contributed by atoms with E-state index >= 15 is 0 Å². The zero-order valence-electron chi connectivity index (χ0n) is 10.4. The molecule has 0 bridgehead atoms. The number of aromatic nitrogens is 1. The summed E-state index contributed by atoms with van der Waals surface area (Å²) in [7, 11) is 0. The Morgan fingerprint density at radius 1 is 1.28 bits per heavy atom. The van der Waals surface area contributed by atoms with Gasteiger partial charge in [0, 0.05) is 35.9 Å². The first kappa shape index (κ1) is 14.6. The van der Waals surface area contributed by atoms with E-state index in [-0.39, 0.29) is 17.7 Å². The highest BCUT2D eigenvalue weighted by Crippen LogP contribution is 2.09. The average molecular weight is 314 g/mol. The highest BCUT2D eigenvalue weighted by molar-refractivity contribution is 9.10. The maximum atomic E-state index is 11.7. The number of hydrogen-bond donors (Lipinski definition) is 2. The first-order valence-electron chi connectivity index (χ1n) is 5.67. The van der Waals surface area contributed by atoms with E-state index in [9.17, 15) is 9.59 Å². The van der Waals surface area contributed by atoms with Crippen LogP contribution in [0.1, 0.15) is 24.2 Å². The molecule has 0 fully saturated rings. The largest absolute Gasteiger partial charge is 0.354 e. The van der Waals surface area contributed by atoms with E-state index in [2.05, 4.69) is 31.5 Å². The molecule has 0 saturated carbocycles. The Hall–Kier alpha value is -1.43. The summed E-state index contributed by atoms with van der Waals surface area (Å²) in [6.45, 7) is 4.45. The minimum atomic E-state index is -0.206. The van der Waals surface area contributed by atoms with Crippen molar-refractivity contribution in [1.82, 2.24) is 15.6 Å². The number of carbonyl (C=O) groups excluding carboxylic acids is 2. The van der Waals surface area contributed by atoms with Gasteiger partial charge in [0.2, 0.25) is 5.91 Å². The normalized spacial score (nSPS) is 10.2. The van der Waals surface area contributed by atoms with Crippen molar-refractivity contribution in [2.45, 2.75) is 13.8 Å². The molecule has 0 aliphatic rings. The SMILES string of the molecule is CC(C)C(=O)NCCNC(=O)c1cncc(Br)c1. The fraction of sp³-hybridized carbons (Fsp3) is 0.417. The molecule has 0 unspecified atom stereocenters. The second-order valence-corrected chi connectivity index (χ2v) is 5.01. The Labute approximate surface area is 114 Å². The first-order valence-corrected chi connectivity index (χ1v) is 6.46.